The van der Waals surface area contributed by atoms with Gasteiger partial charge in [0.2, 0.25) is 0 Å². The van der Waals surface area contributed by atoms with Crippen LogP contribution in [0, 0.1) is 20.8 Å². The lowest BCUT2D eigenvalue weighted by Crippen LogP contribution is -2.10. The van der Waals surface area contributed by atoms with E-state index in [0.717, 1.165) is 0 Å². The molecule has 1 unspecified atom stereocenters. The maximum absolute atomic E-state index is 3.75. The van der Waals surface area contributed by atoms with Gasteiger partial charge in [-0.2, -0.15) is 0 Å². The van der Waals surface area contributed by atoms with Crippen molar-refractivity contribution < 1.29 is 0 Å². The van der Waals surface area contributed by atoms with E-state index in [0.29, 0.717) is 5.92 Å². The monoisotopic (exact) mass is 347 g/mol. The second kappa shape index (κ2) is 7.70. The van der Waals surface area contributed by atoms with Crippen molar-refractivity contribution in [3.8, 4) is 11.3 Å². The van der Waals surface area contributed by atoms with E-state index >= 15 is 0 Å². The molecule has 1 aromatic heterocycles. The van der Waals surface area contributed by atoms with Gasteiger partial charge in [-0.15, -0.1) is 0 Å². The van der Waals surface area contributed by atoms with Gasteiger partial charge in [-0.1, -0.05) is 69.0 Å². The lowest BCUT2D eigenvalue weighted by Gasteiger charge is -2.25. The Balaban J connectivity index is 0.000000447. The maximum atomic E-state index is 3.75. The number of hydrogen-bond donors (Lipinski definition) is 1. The van der Waals surface area contributed by atoms with Crippen molar-refractivity contribution >= 4 is 10.9 Å². The van der Waals surface area contributed by atoms with E-state index in [-0.39, 0.29) is 0 Å². The molecule has 1 heterocycles. The zero-order chi connectivity index (χ0) is 18.8. The first-order valence-electron chi connectivity index (χ1n) is 10.2. The Morgan fingerprint density at radius 3 is 2.31 bits per heavy atom. The number of H-pyrrole nitrogens is 1. The van der Waals surface area contributed by atoms with Crippen molar-refractivity contribution in [2.45, 2.75) is 73.1 Å². The third kappa shape index (κ3) is 3.32. The van der Waals surface area contributed by atoms with Crippen molar-refractivity contribution in [1.82, 2.24) is 4.98 Å². The number of nitrogens with one attached hydrogen (secondary N) is 1. The first-order chi connectivity index (χ1) is 12.5. The molecule has 1 heteroatoms. The zero-order valence-corrected chi connectivity index (χ0v) is 17.3. The van der Waals surface area contributed by atoms with Gasteiger partial charge in [0, 0.05) is 16.5 Å². The van der Waals surface area contributed by atoms with Gasteiger partial charge in [0.1, 0.15) is 0 Å². The molecule has 1 N–H and O–H groups in total. The van der Waals surface area contributed by atoms with Gasteiger partial charge in [-0.3, -0.25) is 0 Å². The topological polar surface area (TPSA) is 15.8 Å². The Morgan fingerprint density at radius 2 is 1.65 bits per heavy atom. The minimum atomic E-state index is 0.624. The molecular formula is C25H33N. The summed E-state index contributed by atoms with van der Waals surface area (Å²) in [6.07, 6.45) is 5.00. The van der Waals surface area contributed by atoms with Crippen molar-refractivity contribution in [2.24, 2.45) is 0 Å². The largest absolute Gasteiger partial charge is 0.354 e. The SMILES string of the molecule is CCC1Cc2cc(C)ccc2-c2[nH]c3c(C)cc(C)cc3c21.CCCC. The van der Waals surface area contributed by atoms with Gasteiger partial charge in [0.15, 0.2) is 0 Å². The predicted molar refractivity (Wildman–Crippen MR) is 115 cm³/mol. The van der Waals surface area contributed by atoms with Crippen LogP contribution in [0.15, 0.2) is 30.3 Å². The van der Waals surface area contributed by atoms with E-state index in [2.05, 4.69) is 76.9 Å². The summed E-state index contributed by atoms with van der Waals surface area (Å²) < 4.78 is 0. The number of unbranched alkanes of at least 4 members (excludes halogenated alkanes) is 1. The van der Waals surface area contributed by atoms with E-state index in [4.69, 9.17) is 0 Å². The maximum Gasteiger partial charge on any atom is 0.0503 e. The van der Waals surface area contributed by atoms with Crippen molar-refractivity contribution in [3.63, 3.8) is 0 Å². The van der Waals surface area contributed by atoms with E-state index < -0.39 is 0 Å². The van der Waals surface area contributed by atoms with Crippen LogP contribution >= 0.6 is 0 Å². The summed E-state index contributed by atoms with van der Waals surface area (Å²) in [5.74, 6) is 0.624. The molecule has 1 atom stereocenters. The molecule has 0 saturated carbocycles. The Kier molecular flexibility index (Phi) is 5.55. The number of aryl methyl sites for hydroxylation is 3. The second-order valence-electron chi connectivity index (χ2n) is 7.89. The average Bonchev–Trinajstić information content (AvgIpc) is 3.01. The first kappa shape index (κ1) is 18.8. The molecule has 3 aromatic rings. The Labute approximate surface area is 158 Å². The van der Waals surface area contributed by atoms with E-state index in [9.17, 15) is 0 Å². The highest BCUT2D eigenvalue weighted by Gasteiger charge is 2.27. The van der Waals surface area contributed by atoms with Crippen LogP contribution in [0.4, 0.5) is 0 Å². The highest BCUT2D eigenvalue weighted by atomic mass is 14.7. The second-order valence-corrected chi connectivity index (χ2v) is 7.89. The fourth-order valence-corrected chi connectivity index (χ4v) is 4.16. The van der Waals surface area contributed by atoms with Crippen molar-refractivity contribution in [1.29, 1.82) is 0 Å². The standard InChI is InChI=1S/C21H23N.C4H10/c1-5-15-11-16-9-12(2)6-7-17(16)21-19(15)18-10-13(3)8-14(4)20(18)22-21;1-3-4-2/h6-10,15,22H,5,11H2,1-4H3;3-4H2,1-2H3. The summed E-state index contributed by atoms with van der Waals surface area (Å²) in [4.78, 5) is 3.75. The molecule has 1 nitrogen and oxygen atoms in total. The third-order valence-electron chi connectivity index (χ3n) is 5.69. The van der Waals surface area contributed by atoms with Gasteiger partial charge in [-0.25, -0.2) is 0 Å². The Morgan fingerprint density at radius 1 is 0.923 bits per heavy atom. The van der Waals surface area contributed by atoms with Crippen LogP contribution in [0.2, 0.25) is 0 Å². The molecule has 1 aliphatic rings. The quantitative estimate of drug-likeness (QED) is 0.491. The van der Waals surface area contributed by atoms with Gasteiger partial charge in [0.25, 0.3) is 0 Å². The molecule has 4 rings (SSSR count). The molecule has 2 aromatic carbocycles. The molecule has 0 amide bonds. The molecule has 0 radical (unpaired) electrons. The summed E-state index contributed by atoms with van der Waals surface area (Å²) in [6, 6.07) is 11.5. The number of rotatable bonds is 2. The first-order valence-corrected chi connectivity index (χ1v) is 10.2. The molecule has 138 valence electrons. The fourth-order valence-electron chi connectivity index (χ4n) is 4.16. The predicted octanol–water partition coefficient (Wildman–Crippen LogP) is 7.62. The van der Waals surface area contributed by atoms with Crippen LogP contribution in [-0.4, -0.2) is 4.98 Å². The lowest BCUT2D eigenvalue weighted by molar-refractivity contribution is 0.658. The highest BCUT2D eigenvalue weighted by molar-refractivity contribution is 5.95. The number of aromatic amines is 1. The van der Waals surface area contributed by atoms with Gasteiger partial charge >= 0.3 is 0 Å². The van der Waals surface area contributed by atoms with Crippen LogP contribution in [0.1, 0.15) is 73.8 Å². The fraction of sp³-hybridized carbons (Fsp3) is 0.440. The highest BCUT2D eigenvalue weighted by Crippen LogP contribution is 2.45. The summed E-state index contributed by atoms with van der Waals surface area (Å²) in [5, 5.41) is 1.44. The molecule has 0 spiro atoms. The number of aromatic nitrogens is 1. The average molecular weight is 348 g/mol. The summed E-state index contributed by atoms with van der Waals surface area (Å²) in [6.45, 7) is 13.3. The summed E-state index contributed by atoms with van der Waals surface area (Å²) >= 11 is 0. The number of benzene rings is 2. The van der Waals surface area contributed by atoms with Gasteiger partial charge in [-0.05, 0) is 62.3 Å². The van der Waals surface area contributed by atoms with Crippen LogP contribution in [-0.2, 0) is 6.42 Å². The van der Waals surface area contributed by atoms with E-state index in [1.807, 2.05) is 0 Å². The van der Waals surface area contributed by atoms with Gasteiger partial charge < -0.3 is 4.98 Å². The summed E-state index contributed by atoms with van der Waals surface area (Å²) in [5.41, 5.74) is 11.2. The van der Waals surface area contributed by atoms with Crippen molar-refractivity contribution in [2.75, 3.05) is 0 Å². The molecule has 0 bridgehead atoms. The van der Waals surface area contributed by atoms with Crippen LogP contribution in [0.25, 0.3) is 22.2 Å². The van der Waals surface area contributed by atoms with Gasteiger partial charge in [0.05, 0.1) is 5.69 Å². The summed E-state index contributed by atoms with van der Waals surface area (Å²) in [7, 11) is 0. The molecule has 1 aliphatic carbocycles. The zero-order valence-electron chi connectivity index (χ0n) is 17.3. The number of hydrogen-bond acceptors (Lipinski definition) is 0. The molecular weight excluding hydrogens is 314 g/mol. The molecule has 0 fully saturated rings. The number of fused-ring (bicyclic) bond motifs is 5. The smallest absolute Gasteiger partial charge is 0.0503 e. The minimum Gasteiger partial charge on any atom is -0.354 e. The van der Waals surface area contributed by atoms with Crippen LogP contribution in [0.5, 0.6) is 0 Å². The lowest BCUT2D eigenvalue weighted by atomic mass is 9.79. The molecule has 26 heavy (non-hydrogen) atoms. The normalized spacial score (nSPS) is 15.2. The molecule has 0 aliphatic heterocycles. The third-order valence-corrected chi connectivity index (χ3v) is 5.69. The van der Waals surface area contributed by atoms with E-state index in [1.165, 1.54) is 70.1 Å². The molecule has 0 saturated heterocycles. The Hall–Kier alpha value is -2.02. The van der Waals surface area contributed by atoms with Crippen LogP contribution in [0.3, 0.4) is 0 Å². The van der Waals surface area contributed by atoms with E-state index in [1.54, 1.807) is 5.56 Å². The minimum absolute atomic E-state index is 0.624. The Bertz CT molecular complexity index is 912. The van der Waals surface area contributed by atoms with Crippen molar-refractivity contribution in [3.05, 3.63) is 58.1 Å². The van der Waals surface area contributed by atoms with Crippen LogP contribution < -0.4 is 0 Å².